The molecule has 0 radical (unpaired) electrons. The van der Waals surface area contributed by atoms with E-state index in [4.69, 9.17) is 10.5 Å². The summed E-state index contributed by atoms with van der Waals surface area (Å²) in [6, 6.07) is 0. The van der Waals surface area contributed by atoms with Gasteiger partial charge in [0.2, 0.25) is 0 Å². The molecular formula is C20H39NO3. The van der Waals surface area contributed by atoms with Crippen LogP contribution in [-0.2, 0) is 4.74 Å². The maximum absolute atomic E-state index is 10.8. The summed E-state index contributed by atoms with van der Waals surface area (Å²) in [6.45, 7) is 11.2. The quantitative estimate of drug-likeness (QED) is 0.718. The largest absolute Gasteiger partial charge is 0.391 e. The molecule has 6 unspecified atom stereocenters. The predicted molar refractivity (Wildman–Crippen MR) is 97.6 cm³/mol. The molecule has 2 fully saturated rings. The summed E-state index contributed by atoms with van der Waals surface area (Å²) in [6.07, 6.45) is 4.67. The van der Waals surface area contributed by atoms with Crippen LogP contribution in [0.15, 0.2) is 0 Å². The summed E-state index contributed by atoms with van der Waals surface area (Å²) < 4.78 is 6.20. The predicted octanol–water partition coefficient (Wildman–Crippen LogP) is 3.09. The Balaban J connectivity index is 1.94. The highest BCUT2D eigenvalue weighted by atomic mass is 16.5. The molecule has 2 aliphatic carbocycles. The van der Waals surface area contributed by atoms with Gasteiger partial charge in [0.25, 0.3) is 0 Å². The van der Waals surface area contributed by atoms with Crippen LogP contribution in [0.1, 0.15) is 73.1 Å². The molecular weight excluding hydrogens is 302 g/mol. The highest BCUT2D eigenvalue weighted by molar-refractivity contribution is 4.99. The van der Waals surface area contributed by atoms with Crippen LogP contribution in [0, 0.1) is 23.7 Å². The first-order valence-corrected chi connectivity index (χ1v) is 9.88. The van der Waals surface area contributed by atoms with Gasteiger partial charge in [-0.2, -0.15) is 0 Å². The van der Waals surface area contributed by atoms with Crippen molar-refractivity contribution in [2.45, 2.75) is 96.5 Å². The van der Waals surface area contributed by atoms with Gasteiger partial charge in [0.15, 0.2) is 0 Å². The van der Waals surface area contributed by atoms with Crippen LogP contribution < -0.4 is 5.73 Å². The normalized spacial score (nSPS) is 44.2. The molecule has 2 saturated carbocycles. The second-order valence-electron chi connectivity index (χ2n) is 9.36. The van der Waals surface area contributed by atoms with E-state index in [0.29, 0.717) is 30.8 Å². The molecule has 0 amide bonds. The summed E-state index contributed by atoms with van der Waals surface area (Å²) in [5.41, 5.74) is 5.25. The van der Waals surface area contributed by atoms with E-state index in [9.17, 15) is 10.2 Å². The Morgan fingerprint density at radius 3 is 2.38 bits per heavy atom. The molecule has 6 atom stereocenters. The molecule has 0 saturated heterocycles. The number of hydrogen-bond donors (Lipinski definition) is 3. The first-order valence-electron chi connectivity index (χ1n) is 9.88. The Morgan fingerprint density at radius 2 is 1.83 bits per heavy atom. The van der Waals surface area contributed by atoms with Crippen LogP contribution in [0.2, 0.25) is 0 Å². The Hall–Kier alpha value is -0.160. The van der Waals surface area contributed by atoms with Crippen molar-refractivity contribution in [3.05, 3.63) is 0 Å². The Labute approximate surface area is 148 Å². The lowest BCUT2D eigenvalue weighted by Gasteiger charge is -2.46. The molecule has 4 N–H and O–H groups in total. The third kappa shape index (κ3) is 4.32. The lowest BCUT2D eigenvalue weighted by atomic mass is 9.71. The molecule has 2 aliphatic rings. The topological polar surface area (TPSA) is 75.7 Å². The summed E-state index contributed by atoms with van der Waals surface area (Å²) >= 11 is 0. The molecule has 142 valence electrons. The summed E-state index contributed by atoms with van der Waals surface area (Å²) in [7, 11) is 0. The van der Waals surface area contributed by atoms with E-state index in [1.54, 1.807) is 0 Å². The fourth-order valence-corrected chi connectivity index (χ4v) is 4.36. The first kappa shape index (κ1) is 20.2. The van der Waals surface area contributed by atoms with Gasteiger partial charge in [-0.05, 0) is 55.8 Å². The van der Waals surface area contributed by atoms with Gasteiger partial charge in [-0.25, -0.2) is 0 Å². The first-order chi connectivity index (χ1) is 11.1. The molecule has 2 rings (SSSR count). The zero-order chi connectivity index (χ0) is 18.1. The summed E-state index contributed by atoms with van der Waals surface area (Å²) in [5, 5.41) is 21.4. The number of aliphatic hydroxyl groups excluding tert-OH is 1. The van der Waals surface area contributed by atoms with Crippen LogP contribution in [0.4, 0.5) is 0 Å². The van der Waals surface area contributed by atoms with E-state index < -0.39 is 17.2 Å². The number of nitrogens with two attached hydrogens (primary N) is 1. The van der Waals surface area contributed by atoms with Gasteiger partial charge < -0.3 is 20.7 Å². The van der Waals surface area contributed by atoms with Crippen molar-refractivity contribution in [3.63, 3.8) is 0 Å². The number of rotatable bonds is 5. The van der Waals surface area contributed by atoms with Crippen molar-refractivity contribution >= 4 is 0 Å². The van der Waals surface area contributed by atoms with Crippen molar-refractivity contribution in [2.24, 2.45) is 29.4 Å². The molecule has 0 aromatic carbocycles. The molecule has 0 aromatic heterocycles. The van der Waals surface area contributed by atoms with Gasteiger partial charge in [-0.3, -0.25) is 0 Å². The average molecular weight is 342 g/mol. The maximum atomic E-state index is 10.8. The number of ether oxygens (including phenoxy) is 1. The van der Waals surface area contributed by atoms with Gasteiger partial charge in [-0.15, -0.1) is 0 Å². The number of hydrogen-bond acceptors (Lipinski definition) is 4. The van der Waals surface area contributed by atoms with Crippen molar-refractivity contribution in [2.75, 3.05) is 6.61 Å². The fraction of sp³-hybridized carbons (Fsp3) is 1.00. The van der Waals surface area contributed by atoms with Gasteiger partial charge in [0.05, 0.1) is 30.0 Å². The van der Waals surface area contributed by atoms with Gasteiger partial charge >= 0.3 is 0 Å². The minimum absolute atomic E-state index is 0.0293. The lowest BCUT2D eigenvalue weighted by Crippen LogP contribution is -2.59. The SMILES string of the molecule is CC(C)C1CCC(N)(COC2CC(O)(C(C)C)CCC2C)C(O)C1. The zero-order valence-corrected chi connectivity index (χ0v) is 16.3. The van der Waals surface area contributed by atoms with Crippen molar-refractivity contribution < 1.29 is 14.9 Å². The third-order valence-electron chi connectivity index (χ3n) is 6.98. The van der Waals surface area contributed by atoms with Crippen LogP contribution in [0.5, 0.6) is 0 Å². The molecule has 0 aliphatic heterocycles. The smallest absolute Gasteiger partial charge is 0.0745 e. The van der Waals surface area contributed by atoms with Crippen LogP contribution in [-0.4, -0.2) is 40.2 Å². The Kier molecular flexibility index (Phi) is 6.39. The van der Waals surface area contributed by atoms with Crippen LogP contribution >= 0.6 is 0 Å². The highest BCUT2D eigenvalue weighted by Crippen LogP contribution is 2.40. The van der Waals surface area contributed by atoms with Gasteiger partial charge in [0, 0.05) is 6.42 Å². The van der Waals surface area contributed by atoms with Gasteiger partial charge in [0.1, 0.15) is 0 Å². The fourth-order valence-electron chi connectivity index (χ4n) is 4.36. The molecule has 0 spiro atoms. The Bertz CT molecular complexity index is 414. The van der Waals surface area contributed by atoms with Crippen molar-refractivity contribution in [1.82, 2.24) is 0 Å². The minimum atomic E-state index is -0.640. The third-order valence-corrected chi connectivity index (χ3v) is 6.98. The monoisotopic (exact) mass is 341 g/mol. The Morgan fingerprint density at radius 1 is 1.17 bits per heavy atom. The lowest BCUT2D eigenvalue weighted by molar-refractivity contribution is -0.133. The van der Waals surface area contributed by atoms with E-state index in [1.807, 2.05) is 0 Å². The molecule has 0 heterocycles. The summed E-state index contributed by atoms with van der Waals surface area (Å²) in [4.78, 5) is 0. The van der Waals surface area contributed by atoms with E-state index in [-0.39, 0.29) is 12.0 Å². The molecule has 24 heavy (non-hydrogen) atoms. The van der Waals surface area contributed by atoms with E-state index in [1.165, 1.54) is 0 Å². The molecule has 0 aromatic rings. The summed E-state index contributed by atoms with van der Waals surface area (Å²) in [5.74, 6) is 1.80. The number of aliphatic hydroxyl groups is 2. The van der Waals surface area contributed by atoms with E-state index >= 15 is 0 Å². The van der Waals surface area contributed by atoms with Crippen LogP contribution in [0.3, 0.4) is 0 Å². The molecule has 4 nitrogen and oxygen atoms in total. The van der Waals surface area contributed by atoms with Crippen molar-refractivity contribution in [3.8, 4) is 0 Å². The van der Waals surface area contributed by atoms with E-state index in [2.05, 4.69) is 34.6 Å². The average Bonchev–Trinajstić information content (AvgIpc) is 2.51. The highest BCUT2D eigenvalue weighted by Gasteiger charge is 2.44. The standard InChI is InChI=1S/C20H39NO3/c1-13(2)16-7-8-19(21,18(22)10-16)12-24-17-11-20(23,14(3)4)9-6-15(17)5/h13-18,22-23H,6-12,21H2,1-5H3. The maximum Gasteiger partial charge on any atom is 0.0745 e. The molecule has 4 heteroatoms. The minimum Gasteiger partial charge on any atom is -0.391 e. The zero-order valence-electron chi connectivity index (χ0n) is 16.3. The van der Waals surface area contributed by atoms with Gasteiger partial charge in [-0.1, -0.05) is 34.6 Å². The molecule has 0 bridgehead atoms. The van der Waals surface area contributed by atoms with Crippen molar-refractivity contribution in [1.29, 1.82) is 0 Å². The second-order valence-corrected chi connectivity index (χ2v) is 9.36. The van der Waals surface area contributed by atoms with Crippen LogP contribution in [0.25, 0.3) is 0 Å². The second kappa shape index (κ2) is 7.61. The van der Waals surface area contributed by atoms with E-state index in [0.717, 1.165) is 32.1 Å².